The van der Waals surface area contributed by atoms with E-state index in [9.17, 15) is 4.79 Å². The van der Waals surface area contributed by atoms with Crippen molar-refractivity contribution in [1.29, 1.82) is 5.26 Å². The molecule has 0 aliphatic heterocycles. The number of benzene rings is 1. The third kappa shape index (κ3) is 2.87. The van der Waals surface area contributed by atoms with Crippen molar-refractivity contribution in [1.82, 2.24) is 15.5 Å². The van der Waals surface area contributed by atoms with E-state index in [0.29, 0.717) is 11.3 Å². The fraction of sp³-hybridized carbons (Fsp3) is 0.0833. The van der Waals surface area contributed by atoms with Crippen molar-refractivity contribution >= 4 is 28.5 Å². The number of nitrogens with one attached hydrogen (secondary N) is 2. The van der Waals surface area contributed by atoms with E-state index in [0.717, 1.165) is 3.57 Å². The van der Waals surface area contributed by atoms with Crippen molar-refractivity contribution in [3.8, 4) is 6.07 Å². The van der Waals surface area contributed by atoms with Crippen molar-refractivity contribution in [2.45, 2.75) is 6.04 Å². The van der Waals surface area contributed by atoms with Crippen LogP contribution in [0.2, 0.25) is 0 Å². The van der Waals surface area contributed by atoms with Gasteiger partial charge in [-0.1, -0.05) is 0 Å². The fourth-order valence-corrected chi connectivity index (χ4v) is 1.78. The first kappa shape index (κ1) is 12.6. The number of carbonyl (C=O) groups is 1. The number of nitriles is 1. The van der Waals surface area contributed by atoms with Gasteiger partial charge in [0.2, 0.25) is 0 Å². The molecule has 0 spiro atoms. The van der Waals surface area contributed by atoms with Crippen molar-refractivity contribution in [3.63, 3.8) is 0 Å². The van der Waals surface area contributed by atoms with E-state index in [1.807, 2.05) is 18.2 Å². The minimum Gasteiger partial charge on any atom is -0.331 e. The van der Waals surface area contributed by atoms with E-state index in [1.54, 1.807) is 18.2 Å². The molecule has 0 aliphatic carbocycles. The van der Waals surface area contributed by atoms with E-state index < -0.39 is 6.04 Å². The molecule has 2 aromatic rings. The van der Waals surface area contributed by atoms with Gasteiger partial charge < -0.3 is 5.32 Å². The van der Waals surface area contributed by atoms with Crippen LogP contribution in [0.5, 0.6) is 0 Å². The number of nitrogens with zero attached hydrogens (tertiary/aromatic N) is 2. The van der Waals surface area contributed by atoms with Crippen molar-refractivity contribution < 1.29 is 4.79 Å². The molecule has 2 rings (SSSR count). The third-order valence-electron chi connectivity index (χ3n) is 2.34. The standard InChI is InChI=1S/C12H9IN4O/c13-9-3-1-8(2-4-9)12(18)16-11(7-14)10-5-6-15-17-10/h1-6,11H,(H,15,17)(H,16,18). The summed E-state index contributed by atoms with van der Waals surface area (Å²) < 4.78 is 1.05. The molecule has 1 aromatic carbocycles. The second-order valence-electron chi connectivity index (χ2n) is 3.55. The van der Waals surface area contributed by atoms with Gasteiger partial charge in [0.05, 0.1) is 11.8 Å². The van der Waals surface area contributed by atoms with Gasteiger partial charge in [0.15, 0.2) is 6.04 Å². The van der Waals surface area contributed by atoms with Crippen molar-refractivity contribution in [3.05, 3.63) is 51.4 Å². The Morgan fingerprint density at radius 2 is 2.11 bits per heavy atom. The monoisotopic (exact) mass is 352 g/mol. The second-order valence-corrected chi connectivity index (χ2v) is 4.80. The molecule has 2 N–H and O–H groups in total. The highest BCUT2D eigenvalue weighted by molar-refractivity contribution is 14.1. The maximum Gasteiger partial charge on any atom is 0.252 e. The van der Waals surface area contributed by atoms with E-state index in [-0.39, 0.29) is 5.91 Å². The number of aromatic amines is 1. The Morgan fingerprint density at radius 3 is 2.67 bits per heavy atom. The van der Waals surface area contributed by atoms with Crippen molar-refractivity contribution in [2.75, 3.05) is 0 Å². The van der Waals surface area contributed by atoms with Gasteiger partial charge in [0.1, 0.15) is 0 Å². The van der Waals surface area contributed by atoms with Crippen LogP contribution in [0.15, 0.2) is 36.5 Å². The summed E-state index contributed by atoms with van der Waals surface area (Å²) in [6.45, 7) is 0. The number of amides is 1. The summed E-state index contributed by atoms with van der Waals surface area (Å²) in [5.41, 5.74) is 1.09. The van der Waals surface area contributed by atoms with Crippen LogP contribution in [0.4, 0.5) is 0 Å². The fourth-order valence-electron chi connectivity index (χ4n) is 1.42. The summed E-state index contributed by atoms with van der Waals surface area (Å²) in [6, 6.07) is 10.1. The Labute approximate surface area is 117 Å². The predicted octanol–water partition coefficient (Wildman–Crippen LogP) is 2.01. The minimum absolute atomic E-state index is 0.285. The lowest BCUT2D eigenvalue weighted by molar-refractivity contribution is 0.0944. The zero-order valence-corrected chi connectivity index (χ0v) is 11.4. The van der Waals surface area contributed by atoms with Gasteiger partial charge in [-0.15, -0.1) is 0 Å². The summed E-state index contributed by atoms with van der Waals surface area (Å²) in [6.07, 6.45) is 1.54. The molecule has 18 heavy (non-hydrogen) atoms. The summed E-state index contributed by atoms with van der Waals surface area (Å²) in [4.78, 5) is 11.9. The summed E-state index contributed by atoms with van der Waals surface area (Å²) in [7, 11) is 0. The Kier molecular flexibility index (Phi) is 3.94. The average Bonchev–Trinajstić information content (AvgIpc) is 2.90. The van der Waals surface area contributed by atoms with Crippen LogP contribution in [0.1, 0.15) is 22.1 Å². The van der Waals surface area contributed by atoms with Crippen LogP contribution in [0.25, 0.3) is 0 Å². The van der Waals surface area contributed by atoms with Crippen LogP contribution in [-0.4, -0.2) is 16.1 Å². The normalized spacial score (nSPS) is 11.6. The Morgan fingerprint density at radius 1 is 1.39 bits per heavy atom. The molecule has 1 amide bonds. The number of aromatic nitrogens is 2. The first-order valence-corrected chi connectivity index (χ1v) is 6.24. The highest BCUT2D eigenvalue weighted by atomic mass is 127. The number of hydrogen-bond acceptors (Lipinski definition) is 3. The Hall–Kier alpha value is -1.88. The summed E-state index contributed by atoms with van der Waals surface area (Å²) >= 11 is 2.16. The van der Waals surface area contributed by atoms with Gasteiger partial charge in [-0.05, 0) is 52.9 Å². The van der Waals surface area contributed by atoms with Gasteiger partial charge in [-0.2, -0.15) is 10.4 Å². The van der Waals surface area contributed by atoms with E-state index in [2.05, 4.69) is 38.1 Å². The SMILES string of the molecule is N#CC(NC(=O)c1ccc(I)cc1)c1ccn[nH]1. The third-order valence-corrected chi connectivity index (χ3v) is 3.06. The number of hydrogen-bond donors (Lipinski definition) is 2. The molecule has 6 heteroatoms. The van der Waals surface area contributed by atoms with Gasteiger partial charge in [0, 0.05) is 15.3 Å². The summed E-state index contributed by atoms with van der Waals surface area (Å²) in [5, 5.41) is 18.1. The average molecular weight is 352 g/mol. The lowest BCUT2D eigenvalue weighted by atomic mass is 10.2. The maximum absolute atomic E-state index is 11.9. The molecule has 0 saturated heterocycles. The first-order chi connectivity index (χ1) is 8.70. The van der Waals surface area contributed by atoms with Gasteiger partial charge >= 0.3 is 0 Å². The zero-order valence-electron chi connectivity index (χ0n) is 9.22. The molecule has 0 saturated carbocycles. The number of H-pyrrole nitrogens is 1. The molecule has 1 aromatic heterocycles. The van der Waals surface area contributed by atoms with Gasteiger partial charge in [0.25, 0.3) is 5.91 Å². The van der Waals surface area contributed by atoms with E-state index in [4.69, 9.17) is 5.26 Å². The van der Waals surface area contributed by atoms with Crippen molar-refractivity contribution in [2.24, 2.45) is 0 Å². The molecular weight excluding hydrogens is 343 g/mol. The molecule has 1 heterocycles. The van der Waals surface area contributed by atoms with E-state index in [1.165, 1.54) is 6.20 Å². The topological polar surface area (TPSA) is 81.6 Å². The largest absolute Gasteiger partial charge is 0.331 e. The molecule has 0 aliphatic rings. The predicted molar refractivity (Wildman–Crippen MR) is 73.6 cm³/mol. The minimum atomic E-state index is -0.723. The zero-order chi connectivity index (χ0) is 13.0. The highest BCUT2D eigenvalue weighted by Crippen LogP contribution is 2.11. The Bertz CT molecular complexity index is 571. The van der Waals surface area contributed by atoms with E-state index >= 15 is 0 Å². The number of rotatable bonds is 3. The molecule has 0 bridgehead atoms. The lowest BCUT2D eigenvalue weighted by Crippen LogP contribution is -2.27. The highest BCUT2D eigenvalue weighted by Gasteiger charge is 2.15. The van der Waals surface area contributed by atoms with Crippen LogP contribution >= 0.6 is 22.6 Å². The van der Waals surface area contributed by atoms with Crippen LogP contribution in [0, 0.1) is 14.9 Å². The smallest absolute Gasteiger partial charge is 0.252 e. The molecule has 0 fully saturated rings. The molecule has 0 radical (unpaired) electrons. The molecule has 1 unspecified atom stereocenters. The quantitative estimate of drug-likeness (QED) is 0.830. The van der Waals surface area contributed by atoms with Gasteiger partial charge in [-0.3, -0.25) is 9.89 Å². The van der Waals surface area contributed by atoms with Crippen LogP contribution in [0.3, 0.4) is 0 Å². The first-order valence-electron chi connectivity index (χ1n) is 5.16. The molecule has 5 nitrogen and oxygen atoms in total. The lowest BCUT2D eigenvalue weighted by Gasteiger charge is -2.09. The Balaban J connectivity index is 2.11. The van der Waals surface area contributed by atoms with Crippen LogP contribution < -0.4 is 5.32 Å². The number of carbonyl (C=O) groups excluding carboxylic acids is 1. The van der Waals surface area contributed by atoms with Crippen LogP contribution in [-0.2, 0) is 0 Å². The number of halogens is 1. The molecular formula is C12H9IN4O. The van der Waals surface area contributed by atoms with Gasteiger partial charge in [-0.25, -0.2) is 0 Å². The second kappa shape index (κ2) is 5.64. The maximum atomic E-state index is 11.9. The molecule has 1 atom stereocenters. The molecule has 90 valence electrons. The summed E-state index contributed by atoms with van der Waals surface area (Å²) in [5.74, 6) is -0.285.